The van der Waals surface area contributed by atoms with Gasteiger partial charge < -0.3 is 25.3 Å². The summed E-state index contributed by atoms with van der Waals surface area (Å²) < 4.78 is 18.8. The second-order valence-electron chi connectivity index (χ2n) is 7.05. The lowest BCUT2D eigenvalue weighted by molar-refractivity contribution is 0.0919. The third-order valence-corrected chi connectivity index (χ3v) is 4.33. The molecule has 31 heavy (non-hydrogen) atoms. The Morgan fingerprint density at radius 3 is 2.45 bits per heavy atom. The zero-order chi connectivity index (χ0) is 22.4. The molecule has 1 amide bonds. The maximum atomic E-state index is 11.3. The zero-order valence-corrected chi connectivity index (χ0v) is 17.8. The minimum absolute atomic E-state index is 0.153. The number of nitrogens with two attached hydrogens (primary N) is 1. The average molecular weight is 422 g/mol. The summed E-state index contributed by atoms with van der Waals surface area (Å²) in [7, 11) is 3.47. The number of benzene rings is 2. The van der Waals surface area contributed by atoms with Gasteiger partial charge in [-0.05, 0) is 43.3 Å². The van der Waals surface area contributed by atoms with Gasteiger partial charge in [0.05, 0.1) is 6.61 Å². The van der Waals surface area contributed by atoms with Gasteiger partial charge in [0, 0.05) is 49.3 Å². The van der Waals surface area contributed by atoms with E-state index in [2.05, 4.69) is 17.0 Å². The number of rotatable bonds is 10. The Kier molecular flexibility index (Phi) is 6.94. The fourth-order valence-corrected chi connectivity index (χ4v) is 2.91. The lowest BCUT2D eigenvalue weighted by Crippen LogP contribution is -2.18. The summed E-state index contributed by atoms with van der Waals surface area (Å²) >= 11 is 0. The van der Waals surface area contributed by atoms with Crippen molar-refractivity contribution in [3.63, 3.8) is 0 Å². The van der Waals surface area contributed by atoms with Gasteiger partial charge in [-0.1, -0.05) is 6.58 Å². The third-order valence-electron chi connectivity index (χ3n) is 4.33. The first-order valence-electron chi connectivity index (χ1n) is 9.68. The van der Waals surface area contributed by atoms with Crippen LogP contribution in [0.25, 0.3) is 5.70 Å². The topological polar surface area (TPSA) is 101 Å². The standard InChI is InChI=1S/C23H26N4O4/c1-15(14-29-4)30-20-11-18(16(2)25-22-9-10-27(3)26-22)12-21(13-20)31-19-7-5-17(6-8-19)23(24)28/h5-13,15H,2,14H2,1,3-4H3,(H2,24,28)(H,25,26)/t15-/m0/s1. The average Bonchev–Trinajstić information content (AvgIpc) is 3.13. The van der Waals surface area contributed by atoms with Crippen molar-refractivity contribution in [2.75, 3.05) is 19.0 Å². The monoisotopic (exact) mass is 422 g/mol. The highest BCUT2D eigenvalue weighted by Crippen LogP contribution is 2.31. The molecule has 1 aromatic heterocycles. The number of aromatic nitrogens is 2. The van der Waals surface area contributed by atoms with Crippen molar-refractivity contribution in [3.8, 4) is 17.2 Å². The van der Waals surface area contributed by atoms with Gasteiger partial charge in [0.1, 0.15) is 23.4 Å². The molecule has 8 nitrogen and oxygen atoms in total. The molecule has 0 saturated carbocycles. The highest BCUT2D eigenvalue weighted by molar-refractivity contribution is 5.92. The van der Waals surface area contributed by atoms with Crippen molar-refractivity contribution < 1.29 is 19.0 Å². The van der Waals surface area contributed by atoms with Crippen LogP contribution in [0.2, 0.25) is 0 Å². The number of nitrogens with zero attached hydrogens (tertiary/aromatic N) is 2. The van der Waals surface area contributed by atoms with Crippen LogP contribution >= 0.6 is 0 Å². The lowest BCUT2D eigenvalue weighted by Gasteiger charge is -2.17. The number of hydrogen-bond acceptors (Lipinski definition) is 6. The van der Waals surface area contributed by atoms with E-state index in [0.717, 1.165) is 5.56 Å². The van der Waals surface area contributed by atoms with E-state index in [9.17, 15) is 4.79 Å². The molecule has 0 unspecified atom stereocenters. The van der Waals surface area contributed by atoms with Crippen molar-refractivity contribution >= 4 is 17.4 Å². The summed E-state index contributed by atoms with van der Waals surface area (Å²) in [6.07, 6.45) is 1.69. The highest BCUT2D eigenvalue weighted by Gasteiger charge is 2.11. The van der Waals surface area contributed by atoms with Gasteiger partial charge in [-0.2, -0.15) is 5.10 Å². The van der Waals surface area contributed by atoms with Crippen LogP contribution in [0.15, 0.2) is 61.3 Å². The van der Waals surface area contributed by atoms with Gasteiger partial charge in [-0.15, -0.1) is 0 Å². The summed E-state index contributed by atoms with van der Waals surface area (Å²) in [6, 6.07) is 13.9. The van der Waals surface area contributed by atoms with E-state index in [4.69, 9.17) is 19.9 Å². The van der Waals surface area contributed by atoms with Gasteiger partial charge in [-0.3, -0.25) is 9.48 Å². The molecule has 3 N–H and O–H groups in total. The molecule has 2 aromatic carbocycles. The predicted molar refractivity (Wildman–Crippen MR) is 119 cm³/mol. The van der Waals surface area contributed by atoms with Gasteiger partial charge in [-0.25, -0.2) is 0 Å². The Labute approximate surface area is 181 Å². The summed E-state index contributed by atoms with van der Waals surface area (Å²) in [5.74, 6) is 1.90. The molecule has 0 saturated heterocycles. The second-order valence-corrected chi connectivity index (χ2v) is 7.05. The number of anilines is 1. The Morgan fingerprint density at radius 2 is 1.84 bits per heavy atom. The van der Waals surface area contributed by atoms with Crippen LogP contribution in [0.1, 0.15) is 22.8 Å². The predicted octanol–water partition coefficient (Wildman–Crippen LogP) is 3.81. The fraction of sp³-hybridized carbons (Fsp3) is 0.217. The molecule has 162 valence electrons. The van der Waals surface area contributed by atoms with Crippen molar-refractivity contribution in [3.05, 3.63) is 72.4 Å². The van der Waals surface area contributed by atoms with Crippen LogP contribution in [-0.2, 0) is 11.8 Å². The van der Waals surface area contributed by atoms with Gasteiger partial charge in [0.25, 0.3) is 0 Å². The van der Waals surface area contributed by atoms with Crippen LogP contribution in [0.5, 0.6) is 17.2 Å². The smallest absolute Gasteiger partial charge is 0.248 e. The molecule has 0 aliphatic heterocycles. The minimum atomic E-state index is -0.492. The van der Waals surface area contributed by atoms with Crippen LogP contribution in [0.4, 0.5) is 5.82 Å². The van der Waals surface area contributed by atoms with E-state index < -0.39 is 5.91 Å². The number of primary amides is 1. The van der Waals surface area contributed by atoms with Crippen LogP contribution in [0, 0.1) is 0 Å². The van der Waals surface area contributed by atoms with Crippen LogP contribution in [0.3, 0.4) is 0 Å². The Morgan fingerprint density at radius 1 is 1.13 bits per heavy atom. The molecular formula is C23H26N4O4. The molecule has 0 bridgehead atoms. The SMILES string of the molecule is C=C(Nc1ccn(C)n1)c1cc(Oc2ccc(C(N)=O)cc2)cc(O[C@@H](C)COC)c1. The number of methoxy groups -OCH3 is 1. The van der Waals surface area contributed by atoms with E-state index in [-0.39, 0.29) is 6.10 Å². The first-order chi connectivity index (χ1) is 14.8. The largest absolute Gasteiger partial charge is 0.488 e. The first kappa shape index (κ1) is 21.9. The number of carbonyl (C=O) groups is 1. The van der Waals surface area contributed by atoms with E-state index >= 15 is 0 Å². The van der Waals surface area contributed by atoms with Gasteiger partial charge in [0.2, 0.25) is 5.91 Å². The molecule has 0 spiro atoms. The van der Waals surface area contributed by atoms with E-state index in [0.29, 0.717) is 40.9 Å². The molecule has 1 heterocycles. The number of hydrogen-bond donors (Lipinski definition) is 2. The maximum absolute atomic E-state index is 11.3. The Hall–Kier alpha value is -3.78. The Bertz CT molecular complexity index is 1060. The summed E-state index contributed by atoms with van der Waals surface area (Å²) in [5, 5.41) is 7.49. The maximum Gasteiger partial charge on any atom is 0.248 e. The summed E-state index contributed by atoms with van der Waals surface area (Å²) in [5.41, 5.74) is 7.12. The molecule has 3 aromatic rings. The van der Waals surface area contributed by atoms with Crippen molar-refractivity contribution in [1.29, 1.82) is 0 Å². The summed E-state index contributed by atoms with van der Waals surface area (Å²) in [4.78, 5) is 11.3. The van der Waals surface area contributed by atoms with E-state index in [1.165, 1.54) is 0 Å². The van der Waals surface area contributed by atoms with Crippen molar-refractivity contribution in [2.45, 2.75) is 13.0 Å². The molecule has 8 heteroatoms. The van der Waals surface area contributed by atoms with E-state index in [1.54, 1.807) is 42.1 Å². The Balaban J connectivity index is 1.86. The molecule has 0 fully saturated rings. The number of aryl methyl sites for hydroxylation is 1. The fourth-order valence-electron chi connectivity index (χ4n) is 2.91. The molecule has 0 aliphatic rings. The summed E-state index contributed by atoms with van der Waals surface area (Å²) in [6.45, 7) is 6.48. The number of amides is 1. The molecule has 1 atom stereocenters. The lowest BCUT2D eigenvalue weighted by atomic mass is 10.1. The van der Waals surface area contributed by atoms with Crippen LogP contribution < -0.4 is 20.5 Å². The second kappa shape index (κ2) is 9.82. The van der Waals surface area contributed by atoms with E-state index in [1.807, 2.05) is 38.4 Å². The first-order valence-corrected chi connectivity index (χ1v) is 9.68. The van der Waals surface area contributed by atoms with Crippen molar-refractivity contribution in [1.82, 2.24) is 9.78 Å². The molecular weight excluding hydrogens is 396 g/mol. The normalized spacial score (nSPS) is 11.6. The number of carbonyl (C=O) groups excluding carboxylic acids is 1. The van der Waals surface area contributed by atoms with Gasteiger partial charge >= 0.3 is 0 Å². The van der Waals surface area contributed by atoms with Crippen LogP contribution in [-0.4, -0.2) is 35.5 Å². The highest BCUT2D eigenvalue weighted by atomic mass is 16.5. The quantitative estimate of drug-likeness (QED) is 0.515. The van der Waals surface area contributed by atoms with Gasteiger partial charge in [0.15, 0.2) is 5.82 Å². The molecule has 0 aliphatic carbocycles. The third kappa shape index (κ3) is 6.10. The molecule has 3 rings (SSSR count). The zero-order valence-electron chi connectivity index (χ0n) is 17.8. The number of ether oxygens (including phenoxy) is 3. The minimum Gasteiger partial charge on any atom is -0.488 e. The van der Waals surface area contributed by atoms with Crippen molar-refractivity contribution in [2.24, 2.45) is 12.8 Å². The molecule has 0 radical (unpaired) electrons. The number of nitrogens with one attached hydrogen (secondary N) is 1.